The van der Waals surface area contributed by atoms with Crippen LogP contribution in [-0.2, 0) is 0 Å². The van der Waals surface area contributed by atoms with Crippen molar-refractivity contribution >= 4 is 22.7 Å². The Morgan fingerprint density at radius 1 is 0.970 bits per heavy atom. The van der Waals surface area contributed by atoms with Crippen molar-refractivity contribution in [1.29, 1.82) is 0 Å². The van der Waals surface area contributed by atoms with Gasteiger partial charge in [-0.3, -0.25) is 9.88 Å². The van der Waals surface area contributed by atoms with Crippen LogP contribution in [0, 0.1) is 0 Å². The summed E-state index contributed by atoms with van der Waals surface area (Å²) in [5, 5.41) is 4.56. The van der Waals surface area contributed by atoms with E-state index in [2.05, 4.69) is 57.7 Å². The summed E-state index contributed by atoms with van der Waals surface area (Å²) in [5.74, 6) is 0. The van der Waals surface area contributed by atoms with Crippen LogP contribution in [0.5, 0.6) is 0 Å². The molecule has 2 aromatic carbocycles. The van der Waals surface area contributed by atoms with E-state index in [4.69, 9.17) is 4.42 Å². The molecule has 0 saturated carbocycles. The highest BCUT2D eigenvalue weighted by Crippen LogP contribution is 2.29. The monoisotopic (exact) mass is 437 g/mol. The van der Waals surface area contributed by atoms with Crippen molar-refractivity contribution in [3.05, 3.63) is 101 Å². The summed E-state index contributed by atoms with van der Waals surface area (Å²) >= 11 is 0. The standard InChI is InChI=1S/C28H27N3O2/c32-28-20-26(25-19-23(8-9-27(25)33-28)22-10-14-29-15-11-22)30-24-12-17-31(18-13-24)16-4-7-21-5-2-1-3-6-21/h1-11,14-15,19-20,24,30H,12-13,16-18H2. The fourth-order valence-corrected chi connectivity index (χ4v) is 4.39. The molecule has 166 valence electrons. The van der Waals surface area contributed by atoms with Crippen molar-refractivity contribution in [2.75, 3.05) is 25.0 Å². The molecule has 5 heteroatoms. The predicted molar refractivity (Wildman–Crippen MR) is 134 cm³/mol. The maximum Gasteiger partial charge on any atom is 0.338 e. The third kappa shape index (κ3) is 5.21. The molecule has 1 aliphatic rings. The molecule has 4 aromatic rings. The lowest BCUT2D eigenvalue weighted by molar-refractivity contribution is 0.240. The quantitative estimate of drug-likeness (QED) is 0.407. The number of nitrogens with zero attached hydrogens (tertiary/aromatic N) is 2. The maximum absolute atomic E-state index is 12.2. The number of hydrogen-bond acceptors (Lipinski definition) is 5. The Morgan fingerprint density at radius 3 is 2.55 bits per heavy atom. The lowest BCUT2D eigenvalue weighted by atomic mass is 10.0. The number of nitrogens with one attached hydrogen (secondary N) is 1. The molecular weight excluding hydrogens is 410 g/mol. The molecule has 1 saturated heterocycles. The zero-order valence-electron chi connectivity index (χ0n) is 18.5. The molecule has 1 N–H and O–H groups in total. The van der Waals surface area contributed by atoms with Gasteiger partial charge in [-0.2, -0.15) is 0 Å². The lowest BCUT2D eigenvalue weighted by Crippen LogP contribution is -2.39. The minimum atomic E-state index is -0.329. The average Bonchev–Trinajstić information content (AvgIpc) is 2.86. The van der Waals surface area contributed by atoms with Crippen LogP contribution in [0.2, 0.25) is 0 Å². The van der Waals surface area contributed by atoms with Gasteiger partial charge < -0.3 is 9.73 Å². The van der Waals surface area contributed by atoms with Gasteiger partial charge >= 0.3 is 5.63 Å². The number of fused-ring (bicyclic) bond motifs is 1. The topological polar surface area (TPSA) is 58.4 Å². The highest BCUT2D eigenvalue weighted by atomic mass is 16.4. The van der Waals surface area contributed by atoms with Gasteiger partial charge in [0.05, 0.1) is 5.69 Å². The Labute approximate surface area is 193 Å². The first-order chi connectivity index (χ1) is 16.2. The molecular formula is C28H27N3O2. The fraction of sp³-hybridized carbons (Fsp3) is 0.214. The Bertz CT molecular complexity index is 1290. The van der Waals surface area contributed by atoms with Gasteiger partial charge in [-0.05, 0) is 53.8 Å². The lowest BCUT2D eigenvalue weighted by Gasteiger charge is -2.32. The summed E-state index contributed by atoms with van der Waals surface area (Å²) < 4.78 is 5.46. The van der Waals surface area contributed by atoms with Crippen molar-refractivity contribution in [1.82, 2.24) is 9.88 Å². The van der Waals surface area contributed by atoms with E-state index in [0.29, 0.717) is 11.6 Å². The van der Waals surface area contributed by atoms with Crippen LogP contribution >= 0.6 is 0 Å². The van der Waals surface area contributed by atoms with Gasteiger partial charge in [0.2, 0.25) is 0 Å². The number of benzene rings is 2. The van der Waals surface area contributed by atoms with Gasteiger partial charge in [0.15, 0.2) is 0 Å². The summed E-state index contributed by atoms with van der Waals surface area (Å²) in [4.78, 5) is 18.7. The van der Waals surface area contributed by atoms with Crippen LogP contribution in [0.4, 0.5) is 5.69 Å². The van der Waals surface area contributed by atoms with E-state index in [1.54, 1.807) is 18.5 Å². The average molecular weight is 438 g/mol. The second kappa shape index (κ2) is 9.84. The summed E-state index contributed by atoms with van der Waals surface area (Å²) in [5.41, 5.74) is 4.51. The third-order valence-electron chi connectivity index (χ3n) is 6.18. The van der Waals surface area contributed by atoms with Crippen molar-refractivity contribution < 1.29 is 4.42 Å². The first-order valence-electron chi connectivity index (χ1n) is 11.4. The smallest absolute Gasteiger partial charge is 0.338 e. The maximum atomic E-state index is 12.2. The summed E-state index contributed by atoms with van der Waals surface area (Å²) in [6.07, 6.45) is 10.1. The first kappa shape index (κ1) is 21.2. The minimum absolute atomic E-state index is 0.328. The number of anilines is 1. The Balaban J connectivity index is 1.26. The van der Waals surface area contributed by atoms with E-state index >= 15 is 0 Å². The van der Waals surface area contributed by atoms with Crippen LogP contribution in [-0.4, -0.2) is 35.6 Å². The van der Waals surface area contributed by atoms with Crippen molar-refractivity contribution in [3.63, 3.8) is 0 Å². The van der Waals surface area contributed by atoms with Gasteiger partial charge in [0, 0.05) is 49.5 Å². The van der Waals surface area contributed by atoms with Gasteiger partial charge in [0.1, 0.15) is 5.58 Å². The Hall–Kier alpha value is -3.70. The van der Waals surface area contributed by atoms with Crippen LogP contribution < -0.4 is 10.9 Å². The van der Waals surface area contributed by atoms with E-state index in [1.165, 1.54) is 5.56 Å². The van der Waals surface area contributed by atoms with E-state index in [0.717, 1.165) is 54.7 Å². The molecule has 0 amide bonds. The van der Waals surface area contributed by atoms with E-state index in [-0.39, 0.29) is 5.63 Å². The molecule has 0 spiro atoms. The molecule has 0 unspecified atom stereocenters. The SMILES string of the molecule is O=c1cc(NC2CCN(CC=Cc3ccccc3)CC2)c2cc(-c3ccncc3)ccc2o1. The van der Waals surface area contributed by atoms with Gasteiger partial charge in [-0.15, -0.1) is 0 Å². The molecule has 1 fully saturated rings. The number of likely N-dealkylation sites (tertiary alicyclic amines) is 1. The predicted octanol–water partition coefficient (Wildman–Crippen LogP) is 5.44. The van der Waals surface area contributed by atoms with Crippen molar-refractivity contribution in [3.8, 4) is 11.1 Å². The third-order valence-corrected chi connectivity index (χ3v) is 6.18. The van der Waals surface area contributed by atoms with Crippen LogP contribution in [0.3, 0.4) is 0 Å². The first-order valence-corrected chi connectivity index (χ1v) is 11.4. The number of aromatic nitrogens is 1. The second-order valence-corrected chi connectivity index (χ2v) is 8.46. The van der Waals surface area contributed by atoms with Crippen molar-refractivity contribution in [2.45, 2.75) is 18.9 Å². The van der Waals surface area contributed by atoms with Gasteiger partial charge in [0.25, 0.3) is 0 Å². The molecule has 5 rings (SSSR count). The van der Waals surface area contributed by atoms with E-state index in [1.807, 2.05) is 30.3 Å². The highest BCUT2D eigenvalue weighted by molar-refractivity contribution is 5.93. The Morgan fingerprint density at radius 2 is 1.76 bits per heavy atom. The summed E-state index contributed by atoms with van der Waals surface area (Å²) in [6.45, 7) is 3.01. The van der Waals surface area contributed by atoms with Crippen LogP contribution in [0.1, 0.15) is 18.4 Å². The number of rotatable bonds is 6. The molecule has 33 heavy (non-hydrogen) atoms. The molecule has 3 heterocycles. The molecule has 1 aliphatic heterocycles. The van der Waals surface area contributed by atoms with Gasteiger partial charge in [-0.1, -0.05) is 48.6 Å². The normalized spacial score (nSPS) is 15.3. The van der Waals surface area contributed by atoms with Crippen molar-refractivity contribution in [2.24, 2.45) is 0 Å². The number of hydrogen-bond donors (Lipinski definition) is 1. The fourth-order valence-electron chi connectivity index (χ4n) is 4.39. The molecule has 0 aliphatic carbocycles. The van der Waals surface area contributed by atoms with Crippen LogP contribution in [0.25, 0.3) is 28.2 Å². The molecule has 5 nitrogen and oxygen atoms in total. The summed E-state index contributed by atoms with van der Waals surface area (Å²) in [6, 6.07) is 22.2. The molecule has 0 radical (unpaired) electrons. The van der Waals surface area contributed by atoms with Gasteiger partial charge in [-0.25, -0.2) is 4.79 Å². The zero-order valence-corrected chi connectivity index (χ0v) is 18.5. The molecule has 2 aromatic heterocycles. The number of piperidine rings is 1. The highest BCUT2D eigenvalue weighted by Gasteiger charge is 2.19. The number of pyridine rings is 1. The minimum Gasteiger partial charge on any atom is -0.423 e. The zero-order chi connectivity index (χ0) is 22.5. The molecule has 0 bridgehead atoms. The second-order valence-electron chi connectivity index (χ2n) is 8.46. The van der Waals surface area contributed by atoms with Crippen LogP contribution in [0.15, 0.2) is 94.4 Å². The van der Waals surface area contributed by atoms with E-state index < -0.39 is 0 Å². The Kier molecular flexibility index (Phi) is 6.31. The summed E-state index contributed by atoms with van der Waals surface area (Å²) in [7, 11) is 0. The molecule has 0 atom stereocenters. The van der Waals surface area contributed by atoms with E-state index in [9.17, 15) is 4.79 Å². The largest absolute Gasteiger partial charge is 0.423 e.